The summed E-state index contributed by atoms with van der Waals surface area (Å²) in [6.45, 7) is -0.565. The Morgan fingerprint density at radius 3 is 1.54 bits per heavy atom. The van der Waals surface area contributed by atoms with E-state index in [4.69, 9.17) is 24.8 Å². The highest BCUT2D eigenvalue weighted by Crippen LogP contribution is 2.45. The maximum Gasteiger partial charge on any atom is 0.303 e. The molecule has 10 N–H and O–H groups in total. The molecule has 0 bridgehead atoms. The summed E-state index contributed by atoms with van der Waals surface area (Å²) in [5, 5.41) is 96.7. The Kier molecular flexibility index (Phi) is 16.4. The molecule has 9 atom stereocenters. The Balaban J connectivity index is 0.000000420. The van der Waals surface area contributed by atoms with Gasteiger partial charge < -0.3 is 60.5 Å². The van der Waals surface area contributed by atoms with Crippen LogP contribution in [0.25, 0.3) is 0 Å². The Hall–Kier alpha value is -0.970. The van der Waals surface area contributed by atoms with Crippen LogP contribution in [0.4, 0.5) is 0 Å². The van der Waals surface area contributed by atoms with Gasteiger partial charge in [-0.15, -0.1) is 0 Å². The van der Waals surface area contributed by atoms with Crippen molar-refractivity contribution in [2.75, 3.05) is 19.8 Å². The first-order chi connectivity index (χ1) is 18.5. The first kappa shape index (κ1) is 36.1. The monoisotopic (exact) mass is 570 g/mol. The zero-order valence-electron chi connectivity index (χ0n) is 22.8. The molecule has 0 radical (unpaired) electrons. The molecule has 2 aliphatic heterocycles. The van der Waals surface area contributed by atoms with Crippen LogP contribution in [0.5, 0.6) is 0 Å². The van der Waals surface area contributed by atoms with Gasteiger partial charge in [-0.05, 0) is 6.42 Å². The Morgan fingerprint density at radius 2 is 1.13 bits per heavy atom. The summed E-state index contributed by atoms with van der Waals surface area (Å²) in [6, 6.07) is 0. The van der Waals surface area contributed by atoms with Crippen LogP contribution in [0.3, 0.4) is 0 Å². The zero-order chi connectivity index (χ0) is 29.6. The van der Waals surface area contributed by atoms with Gasteiger partial charge in [-0.25, -0.2) is 0 Å². The van der Waals surface area contributed by atoms with Crippen LogP contribution in [-0.2, 0) is 14.3 Å². The van der Waals surface area contributed by atoms with E-state index in [1.807, 2.05) is 0 Å². The smallest absolute Gasteiger partial charge is 0.303 e. The van der Waals surface area contributed by atoms with Crippen molar-refractivity contribution >= 4 is 5.97 Å². The van der Waals surface area contributed by atoms with E-state index < -0.39 is 79.9 Å². The summed E-state index contributed by atoms with van der Waals surface area (Å²) in [5.41, 5.74) is -2.53. The zero-order valence-corrected chi connectivity index (χ0v) is 22.8. The van der Waals surface area contributed by atoms with E-state index in [1.165, 1.54) is 57.8 Å². The molecule has 2 fully saturated rings. The summed E-state index contributed by atoms with van der Waals surface area (Å²) < 4.78 is 10.2. The molecular formula is C26H50O13. The molecule has 9 unspecified atom stereocenters. The number of ether oxygens (including phenoxy) is 2. The van der Waals surface area contributed by atoms with E-state index in [9.17, 15) is 40.5 Å². The minimum Gasteiger partial charge on any atom is -0.481 e. The van der Waals surface area contributed by atoms with Gasteiger partial charge in [-0.3, -0.25) is 4.79 Å². The summed E-state index contributed by atoms with van der Waals surface area (Å²) in [5.74, 6) is -3.64. The Labute approximate surface area is 229 Å². The van der Waals surface area contributed by atoms with Crippen molar-refractivity contribution in [2.45, 2.75) is 138 Å². The van der Waals surface area contributed by atoms with Crippen LogP contribution in [0, 0.1) is 0 Å². The number of carbonyl (C=O) groups is 1. The molecule has 0 amide bonds. The minimum absolute atomic E-state index is 0.344. The Morgan fingerprint density at radius 1 is 0.667 bits per heavy atom. The molecule has 13 nitrogen and oxygen atoms in total. The van der Waals surface area contributed by atoms with E-state index in [0.29, 0.717) is 6.42 Å². The first-order valence-electron chi connectivity index (χ1n) is 14.0. The normalized spacial score (nSPS) is 36.4. The molecular weight excluding hydrogens is 520 g/mol. The molecule has 0 aromatic heterocycles. The number of hydrogen-bond donors (Lipinski definition) is 10. The maximum absolute atomic E-state index is 10.7. The predicted molar refractivity (Wildman–Crippen MR) is 137 cm³/mol. The summed E-state index contributed by atoms with van der Waals surface area (Å²) >= 11 is 0. The van der Waals surface area contributed by atoms with Gasteiger partial charge in [-0.2, -0.15) is 0 Å². The maximum atomic E-state index is 10.7. The van der Waals surface area contributed by atoms with Gasteiger partial charge in [0.2, 0.25) is 5.79 Å². The lowest BCUT2D eigenvalue weighted by Gasteiger charge is -2.53. The highest BCUT2D eigenvalue weighted by Gasteiger charge is 2.71. The highest BCUT2D eigenvalue weighted by atomic mass is 16.7. The number of aliphatic hydroxyl groups excluding tert-OH is 8. The number of carboxylic acid groups (broad SMARTS) is 1. The van der Waals surface area contributed by atoms with Crippen molar-refractivity contribution in [1.29, 1.82) is 0 Å². The van der Waals surface area contributed by atoms with Gasteiger partial charge in [0.25, 0.3) is 0 Å². The van der Waals surface area contributed by atoms with Crippen LogP contribution in [0.15, 0.2) is 0 Å². The fourth-order valence-corrected chi connectivity index (χ4v) is 5.02. The summed E-state index contributed by atoms with van der Waals surface area (Å²) in [4.78, 5) is 10.3. The van der Waals surface area contributed by atoms with Crippen molar-refractivity contribution in [1.82, 2.24) is 0 Å². The third-order valence-corrected chi connectivity index (χ3v) is 7.53. The SMILES string of the molecule is CCCCCCCCCCCCCC(=O)O.OCC1OC(O)(C2(CO)OC(CO)C(O)C2O)C(O)C(O)C1O. The average molecular weight is 571 g/mol. The van der Waals surface area contributed by atoms with Gasteiger partial charge >= 0.3 is 5.97 Å². The quantitative estimate of drug-likeness (QED) is 0.0979. The average Bonchev–Trinajstić information content (AvgIpc) is 3.18. The topological polar surface area (TPSA) is 238 Å². The number of rotatable bonds is 16. The first-order valence-corrected chi connectivity index (χ1v) is 14.0. The molecule has 2 rings (SSSR count). The highest BCUT2D eigenvalue weighted by molar-refractivity contribution is 5.66. The van der Waals surface area contributed by atoms with E-state index in [0.717, 1.165) is 12.8 Å². The number of aliphatic hydroxyl groups is 9. The van der Waals surface area contributed by atoms with Crippen molar-refractivity contribution < 1.29 is 65.3 Å². The van der Waals surface area contributed by atoms with E-state index in [1.54, 1.807) is 0 Å². The van der Waals surface area contributed by atoms with E-state index in [-0.39, 0.29) is 0 Å². The Bertz CT molecular complexity index is 680. The van der Waals surface area contributed by atoms with Crippen molar-refractivity contribution in [3.05, 3.63) is 0 Å². The molecule has 0 spiro atoms. The molecule has 13 heteroatoms. The van der Waals surface area contributed by atoms with Crippen molar-refractivity contribution in [3.63, 3.8) is 0 Å². The van der Waals surface area contributed by atoms with Crippen molar-refractivity contribution in [3.8, 4) is 0 Å². The molecule has 2 heterocycles. The third-order valence-electron chi connectivity index (χ3n) is 7.53. The molecule has 0 aromatic carbocycles. The summed E-state index contributed by atoms with van der Waals surface area (Å²) in [6.07, 6.45) is 1.62. The van der Waals surface area contributed by atoms with Gasteiger partial charge in [0.15, 0.2) is 5.60 Å². The predicted octanol–water partition coefficient (Wildman–Crippen LogP) is -1.24. The second-order valence-corrected chi connectivity index (χ2v) is 10.5. The van der Waals surface area contributed by atoms with Crippen LogP contribution < -0.4 is 0 Å². The molecule has 0 aromatic rings. The molecule has 0 saturated carbocycles. The fraction of sp³-hybridized carbons (Fsp3) is 0.962. The standard InChI is InChI=1S/C14H28O2.C12H22O11/c1-2-3-4-5-6-7-8-9-10-11-12-13-14(15)16;13-1-4-6(16)8(18)10(20)12(21,23-4)11(3-15)9(19)7(17)5(2-14)22-11/h2-13H2,1H3,(H,15,16);4-10,13-21H,1-3H2. The van der Waals surface area contributed by atoms with Crippen molar-refractivity contribution in [2.24, 2.45) is 0 Å². The number of hydrogen-bond acceptors (Lipinski definition) is 12. The molecule has 2 aliphatic rings. The van der Waals surface area contributed by atoms with Crippen LogP contribution in [-0.4, -0.2) is 131 Å². The number of unbranched alkanes of at least 4 members (excludes halogenated alkanes) is 10. The lowest BCUT2D eigenvalue weighted by Crippen LogP contribution is -2.77. The molecule has 2 saturated heterocycles. The van der Waals surface area contributed by atoms with Gasteiger partial charge in [-0.1, -0.05) is 71.1 Å². The second kappa shape index (κ2) is 17.8. The van der Waals surface area contributed by atoms with Gasteiger partial charge in [0.05, 0.1) is 19.8 Å². The van der Waals surface area contributed by atoms with Crippen LogP contribution in [0.2, 0.25) is 0 Å². The van der Waals surface area contributed by atoms with E-state index in [2.05, 4.69) is 6.92 Å². The summed E-state index contributed by atoms with van der Waals surface area (Å²) in [7, 11) is 0. The third kappa shape index (κ3) is 9.27. The number of aliphatic carboxylic acids is 1. The number of carboxylic acids is 1. The van der Waals surface area contributed by atoms with Gasteiger partial charge in [0.1, 0.15) is 42.7 Å². The molecule has 39 heavy (non-hydrogen) atoms. The molecule has 0 aliphatic carbocycles. The molecule has 232 valence electrons. The van der Waals surface area contributed by atoms with Crippen LogP contribution >= 0.6 is 0 Å². The van der Waals surface area contributed by atoms with E-state index >= 15 is 0 Å². The lowest BCUT2D eigenvalue weighted by molar-refractivity contribution is -0.415. The second-order valence-electron chi connectivity index (χ2n) is 10.5. The largest absolute Gasteiger partial charge is 0.481 e. The van der Waals surface area contributed by atoms with Crippen LogP contribution in [0.1, 0.15) is 84.0 Å². The minimum atomic E-state index is -2.99. The fourth-order valence-electron chi connectivity index (χ4n) is 5.02. The lowest BCUT2D eigenvalue weighted by atomic mass is 9.78. The van der Waals surface area contributed by atoms with Gasteiger partial charge in [0, 0.05) is 6.42 Å².